The number of rotatable bonds is 2. The van der Waals surface area contributed by atoms with Crippen LogP contribution in [-0.2, 0) is 4.74 Å². The lowest BCUT2D eigenvalue weighted by molar-refractivity contribution is -0.000478. The van der Waals surface area contributed by atoms with Gasteiger partial charge in [0.25, 0.3) is 0 Å². The molecule has 1 fully saturated rings. The third-order valence-electron chi connectivity index (χ3n) is 2.02. The van der Waals surface area contributed by atoms with Gasteiger partial charge in [0.05, 0.1) is 19.1 Å². The summed E-state index contributed by atoms with van der Waals surface area (Å²) in [5, 5.41) is 0. The molecule has 2 heterocycles. The first-order chi connectivity index (χ1) is 6.31. The Morgan fingerprint density at radius 1 is 1.54 bits per heavy atom. The fourth-order valence-corrected chi connectivity index (χ4v) is 1.17. The zero-order valence-corrected chi connectivity index (χ0v) is 6.95. The van der Waals surface area contributed by atoms with Crippen LogP contribution in [0.5, 0.6) is 0 Å². The Balaban J connectivity index is 2.12. The summed E-state index contributed by atoms with van der Waals surface area (Å²) in [6.45, 7) is 1.33. The monoisotopic (exact) mass is 182 g/mol. The Labute approximate surface area is 74.8 Å². The van der Waals surface area contributed by atoms with Gasteiger partial charge in [-0.3, -0.25) is 10.2 Å². The van der Waals surface area contributed by atoms with Crippen molar-refractivity contribution < 1.29 is 13.9 Å². The van der Waals surface area contributed by atoms with Crippen LogP contribution in [0.25, 0.3) is 0 Å². The predicted octanol–water partition coefficient (Wildman–Crippen LogP) is -0.00310. The maximum atomic E-state index is 11.0. The molecule has 0 aromatic carbocycles. The maximum Gasteiger partial charge on any atom is 0.300 e. The highest BCUT2D eigenvalue weighted by molar-refractivity contribution is 5.90. The van der Waals surface area contributed by atoms with Crippen molar-refractivity contribution in [2.24, 2.45) is 5.84 Å². The molecule has 1 aromatic heterocycles. The molecule has 13 heavy (non-hydrogen) atoms. The minimum Gasteiger partial charge on any atom is -0.455 e. The van der Waals surface area contributed by atoms with E-state index in [1.807, 2.05) is 5.43 Å². The van der Waals surface area contributed by atoms with Gasteiger partial charge in [0.15, 0.2) is 5.76 Å². The van der Waals surface area contributed by atoms with Crippen LogP contribution in [0.4, 0.5) is 0 Å². The number of nitrogen functional groups attached to an aromatic ring is 1. The molecule has 1 aliphatic rings. The van der Waals surface area contributed by atoms with Crippen molar-refractivity contribution in [1.29, 1.82) is 0 Å². The average molecular weight is 182 g/mol. The Hall–Kier alpha value is -1.33. The normalized spacial score (nSPS) is 16.7. The average Bonchev–Trinajstić information content (AvgIpc) is 2.49. The molecule has 0 bridgehead atoms. The standard InChI is InChI=1S/C8H10N2O3/c9-10-8(11)7-2-1-6(13-7)5-3-12-4-5/h1-2,5H,3-4,9H2,(H,10,11). The number of hydrazine groups is 1. The number of nitrogens with two attached hydrogens (primary N) is 1. The summed E-state index contributed by atoms with van der Waals surface area (Å²) >= 11 is 0. The molecule has 5 nitrogen and oxygen atoms in total. The highest BCUT2D eigenvalue weighted by Gasteiger charge is 2.24. The van der Waals surface area contributed by atoms with Gasteiger partial charge in [-0.15, -0.1) is 0 Å². The lowest BCUT2D eigenvalue weighted by Crippen LogP contribution is -2.29. The number of furan rings is 1. The summed E-state index contributed by atoms with van der Waals surface area (Å²) in [6.07, 6.45) is 0. The molecule has 0 atom stereocenters. The topological polar surface area (TPSA) is 77.5 Å². The molecular formula is C8H10N2O3. The molecule has 3 N–H and O–H groups in total. The largest absolute Gasteiger partial charge is 0.455 e. The van der Waals surface area contributed by atoms with E-state index in [2.05, 4.69) is 0 Å². The second-order valence-corrected chi connectivity index (χ2v) is 2.91. The minimum atomic E-state index is -0.411. The summed E-state index contributed by atoms with van der Waals surface area (Å²) in [7, 11) is 0. The Morgan fingerprint density at radius 2 is 2.31 bits per heavy atom. The van der Waals surface area contributed by atoms with Crippen LogP contribution in [0.1, 0.15) is 22.2 Å². The first kappa shape index (κ1) is 8.28. The molecule has 1 saturated heterocycles. The molecule has 0 aliphatic carbocycles. The third kappa shape index (κ3) is 1.43. The number of amides is 1. The highest BCUT2D eigenvalue weighted by atomic mass is 16.5. The Morgan fingerprint density at radius 3 is 2.85 bits per heavy atom. The van der Waals surface area contributed by atoms with E-state index in [9.17, 15) is 4.79 Å². The molecule has 70 valence electrons. The van der Waals surface area contributed by atoms with Gasteiger partial charge in [0.2, 0.25) is 0 Å². The van der Waals surface area contributed by atoms with Gasteiger partial charge in [-0.05, 0) is 12.1 Å². The van der Waals surface area contributed by atoms with E-state index in [0.29, 0.717) is 19.1 Å². The number of hydrogen-bond donors (Lipinski definition) is 2. The van der Waals surface area contributed by atoms with E-state index in [4.69, 9.17) is 15.0 Å². The first-order valence-electron chi connectivity index (χ1n) is 3.99. The van der Waals surface area contributed by atoms with Crippen molar-refractivity contribution in [1.82, 2.24) is 5.43 Å². The Kier molecular flexibility index (Phi) is 2.03. The van der Waals surface area contributed by atoms with Crippen LogP contribution in [0.2, 0.25) is 0 Å². The number of hydrogen-bond acceptors (Lipinski definition) is 4. The molecule has 0 saturated carbocycles. The molecule has 1 aliphatic heterocycles. The van der Waals surface area contributed by atoms with Crippen LogP contribution in [0.3, 0.4) is 0 Å². The zero-order chi connectivity index (χ0) is 9.26. The summed E-state index contributed by atoms with van der Waals surface area (Å²) in [5.74, 6) is 5.85. The molecular weight excluding hydrogens is 172 g/mol. The van der Waals surface area contributed by atoms with Crippen LogP contribution in [0, 0.1) is 0 Å². The van der Waals surface area contributed by atoms with Gasteiger partial charge in [-0.1, -0.05) is 0 Å². The fraction of sp³-hybridized carbons (Fsp3) is 0.375. The first-order valence-corrected chi connectivity index (χ1v) is 3.99. The van der Waals surface area contributed by atoms with E-state index < -0.39 is 5.91 Å². The second kappa shape index (κ2) is 3.20. The molecule has 5 heteroatoms. The Bertz CT molecular complexity index is 317. The maximum absolute atomic E-state index is 11.0. The van der Waals surface area contributed by atoms with E-state index in [0.717, 1.165) is 5.76 Å². The van der Waals surface area contributed by atoms with Crippen LogP contribution >= 0.6 is 0 Å². The number of ether oxygens (including phenoxy) is 1. The number of nitrogens with one attached hydrogen (secondary N) is 1. The highest BCUT2D eigenvalue weighted by Crippen LogP contribution is 2.25. The van der Waals surface area contributed by atoms with E-state index in [-0.39, 0.29) is 5.76 Å². The lowest BCUT2D eigenvalue weighted by atomic mass is 10.1. The smallest absolute Gasteiger partial charge is 0.300 e. The van der Waals surface area contributed by atoms with Crippen molar-refractivity contribution in [2.75, 3.05) is 13.2 Å². The SMILES string of the molecule is NNC(=O)c1ccc(C2COC2)o1. The van der Waals surface area contributed by atoms with Crippen LogP contribution in [0.15, 0.2) is 16.5 Å². The van der Waals surface area contributed by atoms with Crippen molar-refractivity contribution in [3.8, 4) is 0 Å². The van der Waals surface area contributed by atoms with E-state index >= 15 is 0 Å². The summed E-state index contributed by atoms with van der Waals surface area (Å²) in [4.78, 5) is 11.0. The summed E-state index contributed by atoms with van der Waals surface area (Å²) < 4.78 is 10.3. The quantitative estimate of drug-likeness (QED) is 0.383. The number of carbonyl (C=O) groups is 1. The van der Waals surface area contributed by atoms with Gasteiger partial charge in [-0.2, -0.15) is 0 Å². The lowest BCUT2D eigenvalue weighted by Gasteiger charge is -2.23. The fourth-order valence-electron chi connectivity index (χ4n) is 1.17. The molecule has 0 unspecified atom stereocenters. The molecule has 1 amide bonds. The molecule has 1 aromatic rings. The predicted molar refractivity (Wildman–Crippen MR) is 43.9 cm³/mol. The van der Waals surface area contributed by atoms with Gasteiger partial charge in [-0.25, -0.2) is 5.84 Å². The van der Waals surface area contributed by atoms with E-state index in [1.165, 1.54) is 0 Å². The van der Waals surface area contributed by atoms with Crippen molar-refractivity contribution in [3.05, 3.63) is 23.7 Å². The summed E-state index contributed by atoms with van der Waals surface area (Å²) in [5.41, 5.74) is 2.01. The van der Waals surface area contributed by atoms with Crippen LogP contribution < -0.4 is 11.3 Å². The molecule has 2 rings (SSSR count). The van der Waals surface area contributed by atoms with Gasteiger partial charge < -0.3 is 9.15 Å². The minimum absolute atomic E-state index is 0.240. The zero-order valence-electron chi connectivity index (χ0n) is 6.95. The third-order valence-corrected chi connectivity index (χ3v) is 2.02. The summed E-state index contributed by atoms with van der Waals surface area (Å²) in [6, 6.07) is 3.38. The second-order valence-electron chi connectivity index (χ2n) is 2.91. The van der Waals surface area contributed by atoms with E-state index in [1.54, 1.807) is 12.1 Å². The molecule has 0 radical (unpaired) electrons. The van der Waals surface area contributed by atoms with Crippen molar-refractivity contribution in [2.45, 2.75) is 5.92 Å². The van der Waals surface area contributed by atoms with Crippen molar-refractivity contribution >= 4 is 5.91 Å². The number of carbonyl (C=O) groups excluding carboxylic acids is 1. The van der Waals surface area contributed by atoms with Gasteiger partial charge >= 0.3 is 5.91 Å². The van der Waals surface area contributed by atoms with Crippen LogP contribution in [-0.4, -0.2) is 19.1 Å². The van der Waals surface area contributed by atoms with Gasteiger partial charge in [0, 0.05) is 0 Å². The van der Waals surface area contributed by atoms with Gasteiger partial charge in [0.1, 0.15) is 5.76 Å². The molecule has 0 spiro atoms. The van der Waals surface area contributed by atoms with Crippen molar-refractivity contribution in [3.63, 3.8) is 0 Å².